The van der Waals surface area contributed by atoms with Gasteiger partial charge in [-0.25, -0.2) is 8.42 Å². The van der Waals surface area contributed by atoms with Gasteiger partial charge in [0.1, 0.15) is 22.6 Å². The number of aryl methyl sites for hydroxylation is 2. The highest BCUT2D eigenvalue weighted by Crippen LogP contribution is 2.30. The van der Waals surface area contributed by atoms with Gasteiger partial charge < -0.3 is 9.67 Å². The number of hydrogen-bond donors (Lipinski definition) is 1. The second kappa shape index (κ2) is 5.83. The van der Waals surface area contributed by atoms with Crippen LogP contribution in [0.3, 0.4) is 0 Å². The summed E-state index contributed by atoms with van der Waals surface area (Å²) in [6.07, 6.45) is 0. The molecule has 10 heteroatoms. The van der Waals surface area contributed by atoms with Gasteiger partial charge in [0.05, 0.1) is 18.1 Å². The van der Waals surface area contributed by atoms with Crippen LogP contribution in [0.25, 0.3) is 0 Å². The molecule has 0 spiro atoms. The molecule has 0 fully saturated rings. The van der Waals surface area contributed by atoms with Gasteiger partial charge >= 0.3 is 5.97 Å². The van der Waals surface area contributed by atoms with Crippen LogP contribution in [0.4, 0.5) is 0 Å². The topological polar surface area (TPSA) is 105 Å². The van der Waals surface area contributed by atoms with Crippen LogP contribution in [-0.4, -0.2) is 44.6 Å². The molecule has 1 aromatic carbocycles. The molecule has 128 valence electrons. The van der Waals surface area contributed by atoms with Gasteiger partial charge in [-0.15, -0.1) is 10.2 Å². The van der Waals surface area contributed by atoms with Gasteiger partial charge in [0.25, 0.3) is 0 Å². The van der Waals surface area contributed by atoms with Gasteiger partial charge in [0.15, 0.2) is 0 Å². The highest BCUT2D eigenvalue weighted by atomic mass is 35.5. The Labute approximate surface area is 143 Å². The molecule has 2 heterocycles. The Morgan fingerprint density at radius 3 is 2.71 bits per heavy atom. The highest BCUT2D eigenvalue weighted by Gasteiger charge is 2.41. The first-order valence-corrected chi connectivity index (χ1v) is 8.93. The minimum atomic E-state index is -4.10. The van der Waals surface area contributed by atoms with E-state index in [1.807, 2.05) is 0 Å². The summed E-state index contributed by atoms with van der Waals surface area (Å²) in [4.78, 5) is 11.5. The minimum Gasteiger partial charge on any atom is -0.480 e. The normalized spacial score (nSPS) is 18.4. The average Bonchev–Trinajstić information content (AvgIpc) is 2.89. The fourth-order valence-electron chi connectivity index (χ4n) is 2.68. The molecule has 0 aliphatic carbocycles. The average molecular weight is 371 g/mol. The van der Waals surface area contributed by atoms with E-state index in [-0.39, 0.29) is 23.0 Å². The van der Waals surface area contributed by atoms with Crippen molar-refractivity contribution < 1.29 is 18.3 Å². The van der Waals surface area contributed by atoms with E-state index in [9.17, 15) is 18.3 Å². The second-order valence-corrected chi connectivity index (χ2v) is 7.88. The number of hydrogen-bond acceptors (Lipinski definition) is 5. The predicted molar refractivity (Wildman–Crippen MR) is 85.1 cm³/mol. The second-order valence-electron chi connectivity index (χ2n) is 5.61. The molecule has 1 aromatic heterocycles. The maximum Gasteiger partial charge on any atom is 0.323 e. The van der Waals surface area contributed by atoms with Crippen LogP contribution in [0, 0.1) is 13.8 Å². The molecule has 0 bridgehead atoms. The third-order valence-corrected chi connectivity index (χ3v) is 6.31. The number of aliphatic carboxylic acids is 1. The van der Waals surface area contributed by atoms with Crippen LogP contribution >= 0.6 is 11.6 Å². The number of carboxylic acids is 1. The molecular weight excluding hydrogens is 356 g/mol. The Morgan fingerprint density at radius 2 is 2.04 bits per heavy atom. The minimum absolute atomic E-state index is 0.0490. The zero-order valence-electron chi connectivity index (χ0n) is 13.0. The standard InChI is InChI=1S/C14H15ClN4O4S/c1-8-3-4-10(15)12(5-8)24(22,23)19-7-13-17-16-9(2)18(13)6-11(19)14(20)21/h3-5,11H,6-7H2,1-2H3,(H,20,21). The van der Waals surface area contributed by atoms with Crippen molar-refractivity contribution in [1.29, 1.82) is 0 Å². The summed E-state index contributed by atoms with van der Waals surface area (Å²) >= 11 is 6.05. The van der Waals surface area contributed by atoms with E-state index >= 15 is 0 Å². The quantitative estimate of drug-likeness (QED) is 0.870. The maximum absolute atomic E-state index is 13.0. The molecule has 1 aliphatic rings. The molecular formula is C14H15ClN4O4S. The summed E-state index contributed by atoms with van der Waals surface area (Å²) < 4.78 is 28.6. The summed E-state index contributed by atoms with van der Waals surface area (Å²) in [5, 5.41) is 17.4. The molecule has 8 nitrogen and oxygen atoms in total. The van der Waals surface area contributed by atoms with Crippen molar-refractivity contribution in [2.24, 2.45) is 0 Å². The van der Waals surface area contributed by atoms with Gasteiger partial charge in [-0.2, -0.15) is 4.31 Å². The van der Waals surface area contributed by atoms with Crippen molar-refractivity contribution in [2.45, 2.75) is 37.9 Å². The van der Waals surface area contributed by atoms with Gasteiger partial charge in [0, 0.05) is 0 Å². The molecule has 1 atom stereocenters. The molecule has 24 heavy (non-hydrogen) atoms. The monoisotopic (exact) mass is 370 g/mol. The van der Waals surface area contributed by atoms with Gasteiger partial charge in [-0.3, -0.25) is 4.79 Å². The van der Waals surface area contributed by atoms with E-state index in [0.717, 1.165) is 4.31 Å². The molecule has 2 aromatic rings. The van der Waals surface area contributed by atoms with Crippen molar-refractivity contribution in [3.8, 4) is 0 Å². The summed E-state index contributed by atoms with van der Waals surface area (Å²) in [6.45, 7) is 3.20. The number of halogens is 1. The van der Waals surface area contributed by atoms with Crippen molar-refractivity contribution >= 4 is 27.6 Å². The smallest absolute Gasteiger partial charge is 0.323 e. The van der Waals surface area contributed by atoms with E-state index < -0.39 is 22.0 Å². The van der Waals surface area contributed by atoms with Gasteiger partial charge in [0.2, 0.25) is 10.0 Å². The van der Waals surface area contributed by atoms with Crippen molar-refractivity contribution in [3.63, 3.8) is 0 Å². The zero-order chi connectivity index (χ0) is 17.6. The van der Waals surface area contributed by atoms with Crippen molar-refractivity contribution in [3.05, 3.63) is 40.4 Å². The Bertz CT molecular complexity index is 925. The van der Waals surface area contributed by atoms with Gasteiger partial charge in [-0.1, -0.05) is 17.7 Å². The maximum atomic E-state index is 13.0. The van der Waals surface area contributed by atoms with E-state index in [0.29, 0.717) is 17.2 Å². The van der Waals surface area contributed by atoms with Crippen molar-refractivity contribution in [2.75, 3.05) is 0 Å². The first-order chi connectivity index (χ1) is 11.2. The number of carboxylic acid groups (broad SMARTS) is 1. The Kier molecular flexibility index (Phi) is 4.10. The third kappa shape index (κ3) is 2.68. The number of aromatic nitrogens is 3. The highest BCUT2D eigenvalue weighted by molar-refractivity contribution is 7.89. The summed E-state index contributed by atoms with van der Waals surface area (Å²) in [5.74, 6) is -0.291. The molecule has 0 radical (unpaired) electrons. The lowest BCUT2D eigenvalue weighted by molar-refractivity contribution is -0.142. The summed E-state index contributed by atoms with van der Waals surface area (Å²) in [7, 11) is -4.10. The lowest BCUT2D eigenvalue weighted by Crippen LogP contribution is -2.50. The largest absolute Gasteiger partial charge is 0.480 e. The molecule has 1 unspecified atom stereocenters. The molecule has 0 amide bonds. The first kappa shape index (κ1) is 16.9. The molecule has 0 saturated heterocycles. The van der Waals surface area contributed by atoms with E-state index in [1.54, 1.807) is 24.5 Å². The fourth-order valence-corrected chi connectivity index (χ4v) is 4.77. The predicted octanol–water partition coefficient (Wildman–Crippen LogP) is 1.21. The molecule has 1 aliphatic heterocycles. The van der Waals surface area contributed by atoms with E-state index in [1.165, 1.54) is 12.1 Å². The number of fused-ring (bicyclic) bond motifs is 1. The number of rotatable bonds is 3. The number of benzene rings is 1. The number of nitrogens with zero attached hydrogens (tertiary/aromatic N) is 4. The molecule has 0 saturated carbocycles. The van der Waals surface area contributed by atoms with Crippen molar-refractivity contribution in [1.82, 2.24) is 19.1 Å². The Balaban J connectivity index is 2.12. The van der Waals surface area contributed by atoms with E-state index in [4.69, 9.17) is 11.6 Å². The van der Waals surface area contributed by atoms with Crippen LogP contribution < -0.4 is 0 Å². The summed E-state index contributed by atoms with van der Waals surface area (Å²) in [5.41, 5.74) is 0.709. The SMILES string of the molecule is Cc1ccc(Cl)c(S(=O)(=O)N2Cc3nnc(C)n3CC2C(=O)O)c1. The number of sulfonamides is 1. The lowest BCUT2D eigenvalue weighted by atomic mass is 10.2. The Hall–Kier alpha value is -1.97. The zero-order valence-corrected chi connectivity index (χ0v) is 14.5. The summed E-state index contributed by atoms with van der Waals surface area (Å²) in [6, 6.07) is 3.34. The van der Waals surface area contributed by atoms with Crippen LogP contribution in [-0.2, 0) is 27.9 Å². The van der Waals surface area contributed by atoms with Crippen LogP contribution in [0.5, 0.6) is 0 Å². The lowest BCUT2D eigenvalue weighted by Gasteiger charge is -2.32. The number of carbonyl (C=O) groups is 1. The third-order valence-electron chi connectivity index (χ3n) is 3.97. The van der Waals surface area contributed by atoms with Crippen LogP contribution in [0.15, 0.2) is 23.1 Å². The van der Waals surface area contributed by atoms with Crippen LogP contribution in [0.1, 0.15) is 17.2 Å². The van der Waals surface area contributed by atoms with Gasteiger partial charge in [-0.05, 0) is 31.5 Å². The van der Waals surface area contributed by atoms with E-state index in [2.05, 4.69) is 10.2 Å². The Morgan fingerprint density at radius 1 is 1.33 bits per heavy atom. The molecule has 3 rings (SSSR count). The molecule has 1 N–H and O–H groups in total. The fraction of sp³-hybridized carbons (Fsp3) is 0.357. The first-order valence-electron chi connectivity index (χ1n) is 7.11. The van der Waals surface area contributed by atoms with Crippen LogP contribution in [0.2, 0.25) is 5.02 Å².